The molecule has 3 rings (SSSR count). The molecule has 0 saturated carbocycles. The third-order valence-electron chi connectivity index (χ3n) is 4.21. The van der Waals surface area contributed by atoms with E-state index in [1.54, 1.807) is 11.0 Å². The first-order chi connectivity index (χ1) is 10.7. The lowest BCUT2D eigenvalue weighted by atomic mass is 10.1. The fourth-order valence-corrected chi connectivity index (χ4v) is 2.80. The van der Waals surface area contributed by atoms with E-state index in [0.717, 1.165) is 44.0 Å². The number of nitrogens with one attached hydrogen (secondary N) is 1. The molecule has 1 aliphatic heterocycles. The third-order valence-corrected chi connectivity index (χ3v) is 4.21. The molecule has 2 heterocycles. The number of aliphatic hydroxyl groups is 1. The van der Waals surface area contributed by atoms with Gasteiger partial charge in [0.15, 0.2) is 0 Å². The molecule has 118 valence electrons. The van der Waals surface area contributed by atoms with E-state index in [1.165, 1.54) is 5.56 Å². The van der Waals surface area contributed by atoms with Crippen LogP contribution in [0.1, 0.15) is 24.2 Å². The van der Waals surface area contributed by atoms with Crippen LogP contribution in [0, 0.1) is 0 Å². The highest BCUT2D eigenvalue weighted by molar-refractivity contribution is 5.51. The first-order valence-electron chi connectivity index (χ1n) is 7.77. The average molecular weight is 301 g/mol. The van der Waals surface area contributed by atoms with Crippen molar-refractivity contribution in [1.82, 2.24) is 19.7 Å². The number of aryl methyl sites for hydroxylation is 1. The van der Waals surface area contributed by atoms with Gasteiger partial charge in [-0.2, -0.15) is 5.10 Å². The van der Waals surface area contributed by atoms with Crippen LogP contribution in [0.2, 0.25) is 0 Å². The number of likely N-dealkylation sites (tertiary alicyclic amines) is 1. The Bertz CT molecular complexity index is 604. The van der Waals surface area contributed by atoms with Crippen molar-refractivity contribution < 1.29 is 5.11 Å². The van der Waals surface area contributed by atoms with E-state index in [0.29, 0.717) is 6.54 Å². The highest BCUT2D eigenvalue weighted by Crippen LogP contribution is 2.20. The van der Waals surface area contributed by atoms with Crippen molar-refractivity contribution in [2.24, 2.45) is 7.05 Å². The van der Waals surface area contributed by atoms with Gasteiger partial charge in [-0.1, -0.05) is 18.2 Å². The van der Waals surface area contributed by atoms with Crippen LogP contribution < -0.4 is 5.32 Å². The molecule has 1 aromatic carbocycles. The Hall–Kier alpha value is -1.92. The molecule has 0 atom stereocenters. The maximum Gasteiger partial charge on any atom is 0.145 e. The standard InChI is InChI=1S/C16H23N5O/c1-20-16(18-12-19-20)10-17-15-5-3-2-4-13(15)11-21-8-6-14(22)7-9-21/h2-5,12,14,17,22H,6-11H2,1H3. The molecule has 2 aromatic rings. The summed E-state index contributed by atoms with van der Waals surface area (Å²) in [5.41, 5.74) is 2.41. The van der Waals surface area contributed by atoms with E-state index in [-0.39, 0.29) is 6.10 Å². The molecule has 0 spiro atoms. The van der Waals surface area contributed by atoms with Crippen LogP contribution in [0.3, 0.4) is 0 Å². The van der Waals surface area contributed by atoms with Gasteiger partial charge in [0.25, 0.3) is 0 Å². The van der Waals surface area contributed by atoms with E-state index < -0.39 is 0 Å². The topological polar surface area (TPSA) is 66.2 Å². The highest BCUT2D eigenvalue weighted by atomic mass is 16.3. The Morgan fingerprint density at radius 1 is 1.27 bits per heavy atom. The summed E-state index contributed by atoms with van der Waals surface area (Å²) in [5.74, 6) is 0.913. The van der Waals surface area contributed by atoms with Crippen molar-refractivity contribution in [2.45, 2.75) is 32.0 Å². The Morgan fingerprint density at radius 2 is 2.05 bits per heavy atom. The molecule has 0 aliphatic carbocycles. The minimum atomic E-state index is -0.125. The van der Waals surface area contributed by atoms with E-state index in [1.807, 2.05) is 13.1 Å². The summed E-state index contributed by atoms with van der Waals surface area (Å²) in [4.78, 5) is 6.63. The van der Waals surface area contributed by atoms with Crippen molar-refractivity contribution in [1.29, 1.82) is 0 Å². The Morgan fingerprint density at radius 3 is 2.77 bits per heavy atom. The second kappa shape index (κ2) is 6.89. The zero-order valence-corrected chi connectivity index (χ0v) is 12.9. The number of anilines is 1. The van der Waals surface area contributed by atoms with Crippen LogP contribution >= 0.6 is 0 Å². The van der Waals surface area contributed by atoms with Crippen LogP contribution in [0.5, 0.6) is 0 Å². The second-order valence-corrected chi connectivity index (χ2v) is 5.82. The average Bonchev–Trinajstić information content (AvgIpc) is 2.94. The molecule has 0 amide bonds. The van der Waals surface area contributed by atoms with Crippen molar-refractivity contribution in [2.75, 3.05) is 18.4 Å². The van der Waals surface area contributed by atoms with E-state index in [9.17, 15) is 5.11 Å². The largest absolute Gasteiger partial charge is 0.393 e. The summed E-state index contributed by atoms with van der Waals surface area (Å²) in [6.45, 7) is 3.48. The molecule has 6 nitrogen and oxygen atoms in total. The summed E-state index contributed by atoms with van der Waals surface area (Å²) in [7, 11) is 1.90. The maximum absolute atomic E-state index is 9.61. The maximum atomic E-state index is 9.61. The van der Waals surface area contributed by atoms with Crippen molar-refractivity contribution in [3.05, 3.63) is 42.0 Å². The Balaban J connectivity index is 1.63. The molecule has 0 unspecified atom stereocenters. The third kappa shape index (κ3) is 3.64. The Kier molecular flexibility index (Phi) is 4.70. The van der Waals surface area contributed by atoms with Crippen molar-refractivity contribution >= 4 is 5.69 Å². The van der Waals surface area contributed by atoms with Crippen LogP contribution in [0.15, 0.2) is 30.6 Å². The lowest BCUT2D eigenvalue weighted by Gasteiger charge is -2.30. The number of aromatic nitrogens is 3. The normalized spacial score (nSPS) is 16.8. The molecule has 22 heavy (non-hydrogen) atoms. The lowest BCUT2D eigenvalue weighted by Crippen LogP contribution is -2.35. The number of aliphatic hydroxyl groups excluding tert-OH is 1. The number of hydrogen-bond acceptors (Lipinski definition) is 5. The van der Waals surface area contributed by atoms with Gasteiger partial charge in [-0.3, -0.25) is 9.58 Å². The number of rotatable bonds is 5. The summed E-state index contributed by atoms with van der Waals surface area (Å²) < 4.78 is 1.78. The van der Waals surface area contributed by atoms with Gasteiger partial charge in [0, 0.05) is 32.4 Å². The van der Waals surface area contributed by atoms with Gasteiger partial charge in [-0.15, -0.1) is 0 Å². The van der Waals surface area contributed by atoms with Crippen LogP contribution in [-0.4, -0.2) is 44.0 Å². The van der Waals surface area contributed by atoms with E-state index in [2.05, 4.69) is 38.5 Å². The van der Waals surface area contributed by atoms with Gasteiger partial charge >= 0.3 is 0 Å². The van der Waals surface area contributed by atoms with Gasteiger partial charge in [0.05, 0.1) is 12.6 Å². The molecule has 2 N–H and O–H groups in total. The summed E-state index contributed by atoms with van der Waals surface area (Å²) in [6, 6.07) is 8.37. The zero-order valence-electron chi connectivity index (χ0n) is 12.9. The van der Waals surface area contributed by atoms with Crippen molar-refractivity contribution in [3.8, 4) is 0 Å². The molecule has 6 heteroatoms. The number of piperidine rings is 1. The van der Waals surface area contributed by atoms with Crippen LogP contribution in [0.4, 0.5) is 5.69 Å². The smallest absolute Gasteiger partial charge is 0.145 e. The Labute approximate surface area is 130 Å². The van der Waals surface area contributed by atoms with Gasteiger partial charge in [-0.25, -0.2) is 4.98 Å². The molecule has 1 saturated heterocycles. The minimum Gasteiger partial charge on any atom is -0.393 e. The van der Waals surface area contributed by atoms with Crippen molar-refractivity contribution in [3.63, 3.8) is 0 Å². The molecule has 1 aromatic heterocycles. The van der Waals surface area contributed by atoms with E-state index in [4.69, 9.17) is 0 Å². The fraction of sp³-hybridized carbons (Fsp3) is 0.500. The summed E-state index contributed by atoms with van der Waals surface area (Å²) in [6.07, 6.45) is 3.19. The lowest BCUT2D eigenvalue weighted by molar-refractivity contribution is 0.0793. The number of nitrogens with zero attached hydrogens (tertiary/aromatic N) is 4. The van der Waals surface area contributed by atoms with Gasteiger partial charge in [-0.05, 0) is 24.5 Å². The van der Waals surface area contributed by atoms with Crippen LogP contribution in [-0.2, 0) is 20.1 Å². The minimum absolute atomic E-state index is 0.125. The second-order valence-electron chi connectivity index (χ2n) is 5.82. The fourth-order valence-electron chi connectivity index (χ4n) is 2.80. The quantitative estimate of drug-likeness (QED) is 0.873. The predicted molar refractivity (Wildman–Crippen MR) is 85.3 cm³/mol. The number of para-hydroxylation sites is 1. The van der Waals surface area contributed by atoms with Gasteiger partial charge in [0.1, 0.15) is 12.2 Å². The first-order valence-corrected chi connectivity index (χ1v) is 7.77. The molecule has 1 aliphatic rings. The summed E-state index contributed by atoms with van der Waals surface area (Å²) in [5, 5.41) is 17.2. The van der Waals surface area contributed by atoms with Gasteiger partial charge in [0.2, 0.25) is 0 Å². The SMILES string of the molecule is Cn1ncnc1CNc1ccccc1CN1CCC(O)CC1. The molecular weight excluding hydrogens is 278 g/mol. The molecular formula is C16H23N5O. The highest BCUT2D eigenvalue weighted by Gasteiger charge is 2.17. The first kappa shape index (κ1) is 15.0. The van der Waals surface area contributed by atoms with Crippen LogP contribution in [0.25, 0.3) is 0 Å². The predicted octanol–water partition coefficient (Wildman–Crippen LogP) is 1.38. The number of hydrogen-bond donors (Lipinski definition) is 2. The molecule has 0 radical (unpaired) electrons. The van der Waals surface area contributed by atoms with Gasteiger partial charge < -0.3 is 10.4 Å². The van der Waals surface area contributed by atoms with E-state index >= 15 is 0 Å². The molecule has 0 bridgehead atoms. The number of benzene rings is 1. The summed E-state index contributed by atoms with van der Waals surface area (Å²) >= 11 is 0. The monoisotopic (exact) mass is 301 g/mol. The zero-order chi connectivity index (χ0) is 15.4. The molecule has 1 fully saturated rings.